The van der Waals surface area contributed by atoms with Crippen LogP contribution in [0.25, 0.3) is 0 Å². The van der Waals surface area contributed by atoms with E-state index in [1.165, 1.54) is 6.42 Å². The van der Waals surface area contributed by atoms with Crippen molar-refractivity contribution in [1.29, 1.82) is 0 Å². The van der Waals surface area contributed by atoms with Gasteiger partial charge in [-0.15, -0.1) is 0 Å². The number of hydrogen-bond acceptors (Lipinski definition) is 1. The van der Waals surface area contributed by atoms with Gasteiger partial charge in [-0.1, -0.05) is 23.2 Å². The summed E-state index contributed by atoms with van der Waals surface area (Å²) < 4.78 is 0. The smallest absolute Gasteiger partial charge is 0.321 e. The molecule has 1 N–H and O–H groups in total. The van der Waals surface area contributed by atoms with E-state index in [4.69, 9.17) is 23.2 Å². The summed E-state index contributed by atoms with van der Waals surface area (Å²) in [6.07, 6.45) is 3.36. The van der Waals surface area contributed by atoms with E-state index < -0.39 is 0 Å². The topological polar surface area (TPSA) is 32.3 Å². The summed E-state index contributed by atoms with van der Waals surface area (Å²) >= 11 is 11.7. The van der Waals surface area contributed by atoms with Crippen molar-refractivity contribution in [3.63, 3.8) is 0 Å². The van der Waals surface area contributed by atoms with Gasteiger partial charge in [0.2, 0.25) is 0 Å². The molecule has 0 unspecified atom stereocenters. The van der Waals surface area contributed by atoms with Gasteiger partial charge in [-0.05, 0) is 37.5 Å². The second kappa shape index (κ2) is 5.61. The van der Waals surface area contributed by atoms with Gasteiger partial charge < -0.3 is 10.2 Å². The first-order chi connectivity index (χ1) is 8.16. The van der Waals surface area contributed by atoms with E-state index >= 15 is 0 Å². The van der Waals surface area contributed by atoms with Crippen molar-refractivity contribution >= 4 is 34.9 Å². The van der Waals surface area contributed by atoms with Crippen molar-refractivity contribution in [2.75, 3.05) is 18.4 Å². The number of anilines is 1. The minimum atomic E-state index is -0.0666. The normalized spacial score (nSPS) is 15.8. The van der Waals surface area contributed by atoms with E-state index in [-0.39, 0.29) is 6.03 Å². The summed E-state index contributed by atoms with van der Waals surface area (Å²) in [5, 5.41) is 3.76. The van der Waals surface area contributed by atoms with Crippen molar-refractivity contribution in [2.24, 2.45) is 0 Å². The summed E-state index contributed by atoms with van der Waals surface area (Å²) in [7, 11) is 0. The van der Waals surface area contributed by atoms with Gasteiger partial charge in [0.1, 0.15) is 0 Å². The molecule has 1 fully saturated rings. The maximum absolute atomic E-state index is 11.9. The molecule has 1 aromatic rings. The molecule has 3 nitrogen and oxygen atoms in total. The standard InChI is InChI=1S/C12H14Cl2N2O/c13-10-5-4-9(8-11(10)14)15-12(17)16-6-2-1-3-7-16/h4-5,8H,1-3,6-7H2,(H,15,17). The average Bonchev–Trinajstić information content (AvgIpc) is 2.35. The highest BCUT2D eigenvalue weighted by atomic mass is 35.5. The number of carbonyl (C=O) groups excluding carboxylic acids is 1. The number of nitrogens with zero attached hydrogens (tertiary/aromatic N) is 1. The Balaban J connectivity index is 1.99. The van der Waals surface area contributed by atoms with Crippen LogP contribution in [0, 0.1) is 0 Å². The third-order valence-corrected chi connectivity index (χ3v) is 3.55. The highest BCUT2D eigenvalue weighted by Crippen LogP contribution is 2.25. The van der Waals surface area contributed by atoms with Crippen molar-refractivity contribution in [1.82, 2.24) is 4.90 Å². The molecule has 1 saturated heterocycles. The zero-order valence-corrected chi connectivity index (χ0v) is 10.9. The summed E-state index contributed by atoms with van der Waals surface area (Å²) in [6, 6.07) is 5.01. The van der Waals surface area contributed by atoms with Crippen LogP contribution in [0.4, 0.5) is 10.5 Å². The van der Waals surface area contributed by atoms with E-state index in [0.29, 0.717) is 15.7 Å². The van der Waals surface area contributed by atoms with Crippen molar-refractivity contribution in [3.05, 3.63) is 28.2 Å². The van der Waals surface area contributed by atoms with E-state index in [0.717, 1.165) is 25.9 Å². The zero-order chi connectivity index (χ0) is 12.3. The molecule has 1 aliphatic heterocycles. The molecule has 1 heterocycles. The molecule has 1 aliphatic rings. The van der Waals surface area contributed by atoms with Crippen LogP contribution in [0.15, 0.2) is 18.2 Å². The Bertz CT molecular complexity index is 417. The molecule has 2 rings (SSSR count). The highest BCUT2D eigenvalue weighted by molar-refractivity contribution is 6.42. The van der Waals surface area contributed by atoms with Gasteiger partial charge in [-0.3, -0.25) is 0 Å². The van der Waals surface area contributed by atoms with E-state index in [9.17, 15) is 4.79 Å². The van der Waals surface area contributed by atoms with Crippen molar-refractivity contribution in [3.8, 4) is 0 Å². The van der Waals surface area contributed by atoms with E-state index in [2.05, 4.69) is 5.32 Å². The predicted molar refractivity (Wildman–Crippen MR) is 70.9 cm³/mol. The number of carbonyl (C=O) groups is 1. The number of amides is 2. The Kier molecular flexibility index (Phi) is 4.13. The zero-order valence-electron chi connectivity index (χ0n) is 9.38. The fourth-order valence-electron chi connectivity index (χ4n) is 1.87. The van der Waals surface area contributed by atoms with Crippen molar-refractivity contribution < 1.29 is 4.79 Å². The number of urea groups is 1. The molecule has 0 aliphatic carbocycles. The lowest BCUT2D eigenvalue weighted by molar-refractivity contribution is 0.200. The Hall–Kier alpha value is -0.930. The SMILES string of the molecule is O=C(Nc1ccc(Cl)c(Cl)c1)N1CCCCC1. The number of piperidine rings is 1. The molecule has 1 aromatic carbocycles. The maximum atomic E-state index is 11.9. The largest absolute Gasteiger partial charge is 0.325 e. The Morgan fingerprint density at radius 1 is 1.12 bits per heavy atom. The molecule has 5 heteroatoms. The van der Waals surface area contributed by atoms with Gasteiger partial charge >= 0.3 is 6.03 Å². The molecular formula is C12H14Cl2N2O. The van der Waals surface area contributed by atoms with E-state index in [1.807, 2.05) is 4.90 Å². The Morgan fingerprint density at radius 2 is 1.82 bits per heavy atom. The lowest BCUT2D eigenvalue weighted by Gasteiger charge is -2.26. The molecule has 0 bridgehead atoms. The molecule has 0 radical (unpaired) electrons. The van der Waals surface area contributed by atoms with Crippen LogP contribution < -0.4 is 5.32 Å². The summed E-state index contributed by atoms with van der Waals surface area (Å²) in [6.45, 7) is 1.65. The first-order valence-electron chi connectivity index (χ1n) is 5.68. The quantitative estimate of drug-likeness (QED) is 0.823. The molecule has 0 aromatic heterocycles. The molecule has 2 amide bonds. The minimum Gasteiger partial charge on any atom is -0.325 e. The van der Waals surface area contributed by atoms with Gasteiger partial charge in [0.15, 0.2) is 0 Å². The first-order valence-corrected chi connectivity index (χ1v) is 6.43. The number of rotatable bonds is 1. The van der Waals surface area contributed by atoms with Crippen LogP contribution in [-0.4, -0.2) is 24.0 Å². The highest BCUT2D eigenvalue weighted by Gasteiger charge is 2.16. The number of nitrogens with one attached hydrogen (secondary N) is 1. The van der Waals surface area contributed by atoms with Crippen LogP contribution in [0.1, 0.15) is 19.3 Å². The maximum Gasteiger partial charge on any atom is 0.321 e. The lowest BCUT2D eigenvalue weighted by Crippen LogP contribution is -2.38. The van der Waals surface area contributed by atoms with Crippen LogP contribution in [0.2, 0.25) is 10.0 Å². The number of hydrogen-bond donors (Lipinski definition) is 1. The van der Waals surface area contributed by atoms with Gasteiger partial charge in [0.05, 0.1) is 10.0 Å². The van der Waals surface area contributed by atoms with E-state index in [1.54, 1.807) is 18.2 Å². The monoisotopic (exact) mass is 272 g/mol. The molecular weight excluding hydrogens is 259 g/mol. The Morgan fingerprint density at radius 3 is 2.47 bits per heavy atom. The molecule has 0 atom stereocenters. The predicted octanol–water partition coefficient (Wildman–Crippen LogP) is 4.01. The van der Waals surface area contributed by atoms with Gasteiger partial charge in [0, 0.05) is 18.8 Å². The first kappa shape index (κ1) is 12.5. The van der Waals surface area contributed by atoms with Crippen molar-refractivity contribution in [2.45, 2.75) is 19.3 Å². The minimum absolute atomic E-state index is 0.0666. The molecule has 92 valence electrons. The van der Waals surface area contributed by atoms with Gasteiger partial charge in [-0.25, -0.2) is 4.79 Å². The molecule has 0 spiro atoms. The second-order valence-corrected chi connectivity index (χ2v) is 4.92. The summed E-state index contributed by atoms with van der Waals surface area (Å²) in [5.41, 5.74) is 0.676. The third-order valence-electron chi connectivity index (χ3n) is 2.81. The second-order valence-electron chi connectivity index (χ2n) is 4.11. The number of halogens is 2. The van der Waals surface area contributed by atoms with Crippen LogP contribution in [0.5, 0.6) is 0 Å². The lowest BCUT2D eigenvalue weighted by atomic mass is 10.1. The van der Waals surface area contributed by atoms with Crippen LogP contribution >= 0.6 is 23.2 Å². The Labute approximate surface area is 111 Å². The van der Waals surface area contributed by atoms with Gasteiger partial charge in [0.25, 0.3) is 0 Å². The summed E-state index contributed by atoms with van der Waals surface area (Å²) in [5.74, 6) is 0. The molecule has 0 saturated carbocycles. The number of benzene rings is 1. The fourth-order valence-corrected chi connectivity index (χ4v) is 2.17. The number of likely N-dealkylation sites (tertiary alicyclic amines) is 1. The summed E-state index contributed by atoms with van der Waals surface area (Å²) in [4.78, 5) is 13.7. The van der Waals surface area contributed by atoms with Crippen LogP contribution in [-0.2, 0) is 0 Å². The molecule has 17 heavy (non-hydrogen) atoms. The average molecular weight is 273 g/mol. The third kappa shape index (κ3) is 3.27. The van der Waals surface area contributed by atoms with Crippen LogP contribution in [0.3, 0.4) is 0 Å². The fraction of sp³-hybridized carbons (Fsp3) is 0.417. The van der Waals surface area contributed by atoms with Gasteiger partial charge in [-0.2, -0.15) is 0 Å².